The van der Waals surface area contributed by atoms with Crippen molar-refractivity contribution in [3.63, 3.8) is 0 Å². The summed E-state index contributed by atoms with van der Waals surface area (Å²) in [7, 11) is 0. The molecule has 0 aliphatic heterocycles. The standard InChI is InChI=1S/C68H32N14/c1-38-78-39(2)80-68(79-38)67-65(81-61-25-45(53-11-3-40(29-69)19-49(53)34-74)7-15-57(61)58-16-8-46(26-62(58)81)54-12-4-41(30-70)20-50(54)35-75)23-44(33-73)24-66(67)82-63-27-47(55-13-5-42(31-71)21-51(55)36-76)9-17-59(63)60-18-10-48(28-64(60)82)56-14-6-43(32-72)22-52(56)37-77/h3-28H,1-2H3. The summed E-state index contributed by atoms with van der Waals surface area (Å²) in [4.78, 5) is 14.7. The van der Waals surface area contributed by atoms with E-state index in [1.54, 1.807) is 98.8 Å². The van der Waals surface area contributed by atoms with Crippen molar-refractivity contribution in [2.75, 3.05) is 0 Å². The molecule has 0 N–H and O–H groups in total. The van der Waals surface area contributed by atoms with Gasteiger partial charge in [-0.05, 0) is 143 Å². The maximum Gasteiger partial charge on any atom is 0.167 e. The molecule has 14 heteroatoms. The van der Waals surface area contributed by atoms with Crippen molar-refractivity contribution >= 4 is 43.6 Å². The molecular weight excluding hydrogens is 1010 g/mol. The van der Waals surface area contributed by atoms with E-state index < -0.39 is 0 Å². The van der Waals surface area contributed by atoms with Gasteiger partial charge in [-0.2, -0.15) is 47.4 Å². The first-order valence-electron chi connectivity index (χ1n) is 25.3. The molecule has 12 rings (SSSR count). The molecule has 0 fully saturated rings. The smallest absolute Gasteiger partial charge is 0.167 e. The third kappa shape index (κ3) is 8.17. The average Bonchev–Trinajstić information content (AvgIpc) is 1.97. The lowest BCUT2D eigenvalue weighted by molar-refractivity contribution is 0.924. The van der Waals surface area contributed by atoms with Gasteiger partial charge in [0.15, 0.2) is 5.82 Å². The zero-order valence-corrected chi connectivity index (χ0v) is 43.3. The number of benzene rings is 9. The van der Waals surface area contributed by atoms with Crippen LogP contribution in [0.1, 0.15) is 61.7 Å². The summed E-state index contributed by atoms with van der Waals surface area (Å²) in [5.41, 5.74) is 11.5. The van der Waals surface area contributed by atoms with Crippen LogP contribution in [0.15, 0.2) is 158 Å². The quantitative estimate of drug-likeness (QED) is 0.144. The molecule has 0 aliphatic carbocycles. The van der Waals surface area contributed by atoms with E-state index in [9.17, 15) is 47.4 Å². The molecular formula is C68H32N14. The van der Waals surface area contributed by atoms with Crippen LogP contribution in [0.25, 0.3) is 111 Å². The van der Waals surface area contributed by atoms with Crippen LogP contribution in [0.3, 0.4) is 0 Å². The Hall–Kier alpha value is -13.0. The first-order chi connectivity index (χ1) is 40.0. The van der Waals surface area contributed by atoms with Crippen molar-refractivity contribution in [1.29, 1.82) is 47.4 Å². The maximum absolute atomic E-state index is 11.3. The molecule has 3 heterocycles. The fourth-order valence-corrected chi connectivity index (χ4v) is 11.0. The Morgan fingerprint density at radius 3 is 0.829 bits per heavy atom. The lowest BCUT2D eigenvalue weighted by Crippen LogP contribution is -2.08. The highest BCUT2D eigenvalue weighted by Gasteiger charge is 2.27. The Labute approximate surface area is 468 Å². The van der Waals surface area contributed by atoms with Gasteiger partial charge in [0.1, 0.15) is 11.6 Å². The summed E-state index contributed by atoms with van der Waals surface area (Å²) in [5, 5.41) is 95.5. The van der Waals surface area contributed by atoms with Crippen LogP contribution in [0.5, 0.6) is 0 Å². The number of fused-ring (bicyclic) bond motifs is 6. The van der Waals surface area contributed by atoms with Crippen LogP contribution in [0, 0.1) is 116 Å². The molecule has 0 saturated carbocycles. The van der Waals surface area contributed by atoms with Crippen LogP contribution >= 0.6 is 0 Å². The van der Waals surface area contributed by atoms with Gasteiger partial charge in [0.2, 0.25) is 0 Å². The van der Waals surface area contributed by atoms with E-state index in [-0.39, 0.29) is 33.6 Å². The van der Waals surface area contributed by atoms with E-state index in [0.717, 1.165) is 21.5 Å². The molecule has 0 bridgehead atoms. The zero-order chi connectivity index (χ0) is 56.9. The minimum atomic E-state index is 0.233. The third-order valence-electron chi connectivity index (χ3n) is 14.6. The van der Waals surface area contributed by atoms with Crippen LogP contribution in [-0.4, -0.2) is 24.1 Å². The van der Waals surface area contributed by atoms with Crippen molar-refractivity contribution in [2.24, 2.45) is 0 Å². The van der Waals surface area contributed by atoms with Gasteiger partial charge in [0.05, 0.1) is 144 Å². The molecule has 0 aliphatic rings. The molecule has 12 aromatic rings. The summed E-state index contributed by atoms with van der Waals surface area (Å²) >= 11 is 0. The number of aromatic nitrogens is 5. The van der Waals surface area contributed by atoms with E-state index in [1.807, 2.05) is 81.9 Å². The summed E-state index contributed by atoms with van der Waals surface area (Å²) < 4.78 is 4.04. The summed E-state index contributed by atoms with van der Waals surface area (Å²) in [5.74, 6) is 1.07. The number of nitrogens with zero attached hydrogens (tertiary/aromatic N) is 14. The van der Waals surface area contributed by atoms with Crippen LogP contribution in [-0.2, 0) is 0 Å². The minimum Gasteiger partial charge on any atom is -0.308 e. The molecule has 0 radical (unpaired) electrons. The number of rotatable bonds is 7. The van der Waals surface area contributed by atoms with Gasteiger partial charge in [-0.25, -0.2) is 15.0 Å². The van der Waals surface area contributed by atoms with Gasteiger partial charge in [-0.15, -0.1) is 0 Å². The second-order valence-electron chi connectivity index (χ2n) is 19.3. The molecule has 82 heavy (non-hydrogen) atoms. The molecule has 0 saturated heterocycles. The highest BCUT2D eigenvalue weighted by Crippen LogP contribution is 2.45. The Balaban J connectivity index is 1.27. The molecule has 0 unspecified atom stereocenters. The van der Waals surface area contributed by atoms with E-state index in [2.05, 4.69) is 59.6 Å². The number of nitriles is 9. The second kappa shape index (κ2) is 19.9. The van der Waals surface area contributed by atoms with Gasteiger partial charge in [0, 0.05) is 21.5 Å². The first kappa shape index (κ1) is 49.9. The topological polar surface area (TPSA) is 263 Å². The number of hydrogen-bond acceptors (Lipinski definition) is 12. The number of aryl methyl sites for hydroxylation is 2. The number of hydrogen-bond donors (Lipinski definition) is 0. The molecule has 3 aromatic heterocycles. The Morgan fingerprint density at radius 1 is 0.293 bits per heavy atom. The SMILES string of the molecule is Cc1nc(C)nc(-c2c(-n3c4cc(-c5ccc(C#N)cc5C#N)ccc4c4ccc(-c5ccc(C#N)cc5C#N)cc43)cc(C#N)cc2-n2c3cc(-c4ccc(C#N)cc4C#N)ccc3c3ccc(-c4ccc(C#N)cc4C#N)cc32)n1. The third-order valence-corrected chi connectivity index (χ3v) is 14.6. The van der Waals surface area contributed by atoms with Crippen LogP contribution in [0.4, 0.5) is 0 Å². The van der Waals surface area contributed by atoms with Crippen molar-refractivity contribution < 1.29 is 0 Å². The molecule has 14 nitrogen and oxygen atoms in total. The minimum absolute atomic E-state index is 0.233. The van der Waals surface area contributed by atoms with E-state index in [0.29, 0.717) is 117 Å². The van der Waals surface area contributed by atoms with Crippen molar-refractivity contribution in [1.82, 2.24) is 24.1 Å². The Bertz CT molecular complexity index is 4680. The summed E-state index contributed by atoms with van der Waals surface area (Å²) in [6.45, 7) is 3.53. The lowest BCUT2D eigenvalue weighted by Gasteiger charge is -2.21. The second-order valence-corrected chi connectivity index (χ2v) is 19.3. The molecule has 0 amide bonds. The van der Waals surface area contributed by atoms with Crippen LogP contribution < -0.4 is 0 Å². The average molecular weight is 1050 g/mol. The maximum atomic E-state index is 11.3. The monoisotopic (exact) mass is 1040 g/mol. The predicted octanol–water partition coefficient (Wildman–Crippen LogP) is 13.9. The van der Waals surface area contributed by atoms with Crippen LogP contribution in [0.2, 0.25) is 0 Å². The molecule has 9 aromatic carbocycles. The Morgan fingerprint density at radius 2 is 0.573 bits per heavy atom. The van der Waals surface area contributed by atoms with Gasteiger partial charge >= 0.3 is 0 Å². The molecule has 0 atom stereocenters. The predicted molar refractivity (Wildman–Crippen MR) is 308 cm³/mol. The highest BCUT2D eigenvalue weighted by atomic mass is 15.1. The largest absolute Gasteiger partial charge is 0.308 e. The van der Waals surface area contributed by atoms with E-state index in [1.165, 1.54) is 0 Å². The normalized spacial score (nSPS) is 10.7. The van der Waals surface area contributed by atoms with Gasteiger partial charge in [-0.1, -0.05) is 72.8 Å². The van der Waals surface area contributed by atoms with Crippen molar-refractivity contribution in [3.8, 4) is 122 Å². The molecule has 0 spiro atoms. The first-order valence-corrected chi connectivity index (χ1v) is 25.3. The lowest BCUT2D eigenvalue weighted by atomic mass is 9.96. The van der Waals surface area contributed by atoms with Gasteiger partial charge < -0.3 is 9.13 Å². The van der Waals surface area contributed by atoms with E-state index in [4.69, 9.17) is 9.97 Å². The fourth-order valence-electron chi connectivity index (χ4n) is 11.0. The fraction of sp³-hybridized carbons (Fsp3) is 0.0294. The molecule has 374 valence electrons. The Kier molecular flexibility index (Phi) is 12.1. The van der Waals surface area contributed by atoms with Crippen molar-refractivity contribution in [3.05, 3.63) is 219 Å². The zero-order valence-electron chi connectivity index (χ0n) is 43.3. The van der Waals surface area contributed by atoms with Gasteiger partial charge in [-0.3, -0.25) is 0 Å². The summed E-state index contributed by atoms with van der Waals surface area (Å²) in [6.07, 6.45) is 0. The van der Waals surface area contributed by atoms with E-state index >= 15 is 0 Å². The van der Waals surface area contributed by atoms with Crippen molar-refractivity contribution in [2.45, 2.75) is 13.8 Å². The summed E-state index contributed by atoms with van der Waals surface area (Å²) in [6, 6.07) is 66.7. The highest BCUT2D eigenvalue weighted by molar-refractivity contribution is 6.14. The van der Waals surface area contributed by atoms with Gasteiger partial charge in [0.25, 0.3) is 0 Å².